The second-order valence-electron chi connectivity index (χ2n) is 13.0. The Morgan fingerprint density at radius 3 is 2.43 bits per heavy atom. The fraction of sp³-hybridized carbons (Fsp3) is 0.750. The van der Waals surface area contributed by atoms with Gasteiger partial charge in [-0.15, -0.1) is 0 Å². The maximum atomic E-state index is 13.0. The van der Waals surface area contributed by atoms with Gasteiger partial charge in [-0.2, -0.15) is 0 Å². The summed E-state index contributed by atoms with van der Waals surface area (Å²) >= 11 is 0. The number of carboxylic acid groups (broad SMARTS) is 1. The third kappa shape index (κ3) is 10.8. The number of nitrogens with zero attached hydrogens (tertiary/aromatic N) is 1. The lowest BCUT2D eigenvalue weighted by Gasteiger charge is -2.44. The molecule has 1 unspecified atom stereocenters. The summed E-state index contributed by atoms with van der Waals surface area (Å²) in [5, 5.41) is 30.8. The van der Waals surface area contributed by atoms with Gasteiger partial charge in [-0.1, -0.05) is 39.0 Å². The highest BCUT2D eigenvalue weighted by molar-refractivity contribution is 5.84. The molecule has 0 bridgehead atoms. The van der Waals surface area contributed by atoms with E-state index in [1.807, 2.05) is 20.8 Å². The van der Waals surface area contributed by atoms with Crippen LogP contribution in [-0.2, 0) is 19.1 Å². The smallest absolute Gasteiger partial charge is 0.311 e. The fourth-order valence-electron chi connectivity index (χ4n) is 6.04. The van der Waals surface area contributed by atoms with Crippen LogP contribution in [0.25, 0.3) is 0 Å². The van der Waals surface area contributed by atoms with Crippen molar-refractivity contribution in [1.82, 2.24) is 0 Å². The zero-order chi connectivity index (χ0) is 31.6. The van der Waals surface area contributed by atoms with Crippen molar-refractivity contribution in [2.24, 2.45) is 51.5 Å². The fourth-order valence-corrected chi connectivity index (χ4v) is 6.04. The van der Waals surface area contributed by atoms with Crippen LogP contribution in [0.3, 0.4) is 0 Å². The largest absolute Gasteiger partial charge is 0.481 e. The zero-order valence-electron chi connectivity index (χ0n) is 26.0. The van der Waals surface area contributed by atoms with Gasteiger partial charge in [0.25, 0.3) is 0 Å². The van der Waals surface area contributed by atoms with E-state index in [0.717, 1.165) is 6.42 Å². The highest BCUT2D eigenvalue weighted by Crippen LogP contribution is 2.45. The third-order valence-electron chi connectivity index (χ3n) is 8.96. The van der Waals surface area contributed by atoms with Crippen LogP contribution in [-0.4, -0.2) is 63.9 Å². The number of Topliss-reactive ketones (excluding diaryl/α,β-unsaturated/α-hetero) is 1. The van der Waals surface area contributed by atoms with Crippen molar-refractivity contribution in [2.45, 2.75) is 111 Å². The molecule has 2 rings (SSSR count). The summed E-state index contributed by atoms with van der Waals surface area (Å²) < 4.78 is 6.16. The number of nitrogens with two attached hydrogens (primary N) is 2. The van der Waals surface area contributed by atoms with E-state index < -0.39 is 29.5 Å². The molecule has 8 atom stereocenters. The molecule has 0 amide bonds. The van der Waals surface area contributed by atoms with Crippen LogP contribution in [0, 0.1) is 35.0 Å². The van der Waals surface area contributed by atoms with E-state index in [1.165, 1.54) is 5.57 Å². The summed E-state index contributed by atoms with van der Waals surface area (Å²) in [5.41, 5.74) is 11.2. The molecule has 10 nitrogen and oxygen atoms in total. The molecule has 2 aliphatic carbocycles. The maximum Gasteiger partial charge on any atom is 0.311 e. The molecule has 0 heterocycles. The Kier molecular flexibility index (Phi) is 13.7. The molecule has 0 aromatic rings. The molecule has 7 N–H and O–H groups in total. The number of ketones is 1. The number of carboxylic acids is 1. The molecule has 0 fully saturated rings. The van der Waals surface area contributed by atoms with E-state index >= 15 is 0 Å². The lowest BCUT2D eigenvalue weighted by Crippen LogP contribution is -2.43. The lowest BCUT2D eigenvalue weighted by atomic mass is 9.65. The van der Waals surface area contributed by atoms with Crippen molar-refractivity contribution in [3.8, 4) is 0 Å². The standard InChI is InChI=1S/C32H53N3O7/c1-6-32(4,5)30(41)42-27-15-19(2)14-21-10-9-20(3)26(28(21)27)12-11-23(36)17-25(38)18-24(37)16-22(29(39)40)8-7-13-35-31(33)34/h9-10,14,19-20,22-23,25-28,36,38H,6-8,11-13,15-18H2,1-5H3,(H,39,40)(H4,33,34,35)/t19-,20-,22?,23+,25+,26-,27-,28-/m0/s1. The van der Waals surface area contributed by atoms with Crippen molar-refractivity contribution < 1.29 is 34.4 Å². The number of ether oxygens (including phenoxy) is 1. The Labute approximate surface area is 250 Å². The van der Waals surface area contributed by atoms with Gasteiger partial charge >= 0.3 is 11.9 Å². The molecule has 0 aromatic carbocycles. The monoisotopic (exact) mass is 591 g/mol. The number of fused-ring (bicyclic) bond motifs is 1. The second kappa shape index (κ2) is 16.2. The summed E-state index contributed by atoms with van der Waals surface area (Å²) in [6.45, 7) is 10.3. The highest BCUT2D eigenvalue weighted by Gasteiger charge is 2.43. The lowest BCUT2D eigenvalue weighted by molar-refractivity contribution is -0.164. The topological polar surface area (TPSA) is 186 Å². The average Bonchev–Trinajstić information content (AvgIpc) is 2.89. The van der Waals surface area contributed by atoms with Crippen LogP contribution in [0.15, 0.2) is 28.8 Å². The number of allylic oxidation sites excluding steroid dienone is 3. The Bertz CT molecular complexity index is 1020. The molecule has 0 spiro atoms. The predicted octanol–water partition coefficient (Wildman–Crippen LogP) is 3.73. The second-order valence-corrected chi connectivity index (χ2v) is 13.0. The Morgan fingerprint density at radius 2 is 1.81 bits per heavy atom. The van der Waals surface area contributed by atoms with Crippen LogP contribution >= 0.6 is 0 Å². The molecule has 0 radical (unpaired) electrons. The Morgan fingerprint density at radius 1 is 1.12 bits per heavy atom. The Balaban J connectivity index is 1.95. The summed E-state index contributed by atoms with van der Waals surface area (Å²) in [5.74, 6) is -1.87. The molecule has 42 heavy (non-hydrogen) atoms. The van der Waals surface area contributed by atoms with E-state index in [2.05, 4.69) is 37.1 Å². The van der Waals surface area contributed by atoms with Gasteiger partial charge in [-0.25, -0.2) is 0 Å². The van der Waals surface area contributed by atoms with E-state index in [0.29, 0.717) is 25.7 Å². The van der Waals surface area contributed by atoms with Crippen LogP contribution in [0.5, 0.6) is 0 Å². The van der Waals surface area contributed by atoms with Crippen LogP contribution in [0.4, 0.5) is 0 Å². The van der Waals surface area contributed by atoms with Gasteiger partial charge in [0.2, 0.25) is 0 Å². The van der Waals surface area contributed by atoms with Crippen molar-refractivity contribution in [1.29, 1.82) is 0 Å². The summed E-state index contributed by atoms with van der Waals surface area (Å²) in [6.07, 6.45) is 7.28. The minimum absolute atomic E-state index is 0.0262. The number of hydrogen-bond donors (Lipinski definition) is 5. The first kappa shape index (κ1) is 35.5. The highest BCUT2D eigenvalue weighted by atomic mass is 16.5. The normalized spacial score (nSPS) is 25.9. The number of carbonyl (C=O) groups is 3. The third-order valence-corrected chi connectivity index (χ3v) is 8.96. The molecular formula is C32H53N3O7. The number of carbonyl (C=O) groups excluding carboxylic acids is 2. The van der Waals surface area contributed by atoms with E-state index in [9.17, 15) is 29.7 Å². The van der Waals surface area contributed by atoms with Crippen LogP contribution in [0.1, 0.15) is 92.4 Å². The number of aliphatic imine (C=N–C) groups is 1. The van der Waals surface area contributed by atoms with Gasteiger partial charge in [0, 0.05) is 25.3 Å². The molecule has 238 valence electrons. The van der Waals surface area contributed by atoms with Crippen molar-refractivity contribution in [3.63, 3.8) is 0 Å². The van der Waals surface area contributed by atoms with Gasteiger partial charge in [-0.05, 0) is 82.1 Å². The van der Waals surface area contributed by atoms with Crippen molar-refractivity contribution in [3.05, 3.63) is 23.8 Å². The molecule has 0 saturated heterocycles. The summed E-state index contributed by atoms with van der Waals surface area (Å²) in [4.78, 5) is 40.9. The maximum absolute atomic E-state index is 13.0. The number of aliphatic hydroxyl groups is 2. The average molecular weight is 592 g/mol. The van der Waals surface area contributed by atoms with E-state index in [1.54, 1.807) is 0 Å². The van der Waals surface area contributed by atoms with E-state index in [-0.39, 0.29) is 79.7 Å². The number of hydrogen-bond acceptors (Lipinski definition) is 7. The van der Waals surface area contributed by atoms with Gasteiger partial charge in [-0.3, -0.25) is 19.4 Å². The van der Waals surface area contributed by atoms with Crippen LogP contribution < -0.4 is 11.5 Å². The first-order valence-corrected chi connectivity index (χ1v) is 15.4. The summed E-state index contributed by atoms with van der Waals surface area (Å²) in [6, 6.07) is 0. The van der Waals surface area contributed by atoms with Crippen molar-refractivity contribution >= 4 is 23.7 Å². The number of guanidine groups is 1. The van der Waals surface area contributed by atoms with Gasteiger partial charge in [0.15, 0.2) is 5.96 Å². The molecule has 10 heteroatoms. The molecular weight excluding hydrogens is 538 g/mol. The van der Waals surface area contributed by atoms with Gasteiger partial charge < -0.3 is 31.5 Å². The molecule has 0 aromatic heterocycles. The zero-order valence-corrected chi connectivity index (χ0v) is 26.0. The van der Waals surface area contributed by atoms with Crippen molar-refractivity contribution in [2.75, 3.05) is 6.54 Å². The summed E-state index contributed by atoms with van der Waals surface area (Å²) in [7, 11) is 0. The number of esters is 1. The molecule has 0 saturated carbocycles. The number of aliphatic hydroxyl groups excluding tert-OH is 2. The SMILES string of the molecule is CCC(C)(C)C(=O)O[C@H]1C[C@@H](C)C=C2C=C[C@H](C)[C@H](CC[C@@H](O)C[C@@H](O)CC(=O)CC(CCCN=C(N)N)C(=O)O)[C@H]21. The first-order chi connectivity index (χ1) is 19.6. The minimum atomic E-state index is -1.08. The number of aliphatic carboxylic acids is 1. The predicted molar refractivity (Wildman–Crippen MR) is 162 cm³/mol. The Hall–Kier alpha value is -2.72. The van der Waals surface area contributed by atoms with E-state index in [4.69, 9.17) is 16.2 Å². The van der Waals surface area contributed by atoms with Gasteiger partial charge in [0.1, 0.15) is 11.9 Å². The van der Waals surface area contributed by atoms with Gasteiger partial charge in [0.05, 0.1) is 23.5 Å². The molecule has 0 aliphatic heterocycles. The van der Waals surface area contributed by atoms with Crippen LogP contribution in [0.2, 0.25) is 0 Å². The minimum Gasteiger partial charge on any atom is -0.481 e. The quantitative estimate of drug-likeness (QED) is 0.0727. The first-order valence-electron chi connectivity index (χ1n) is 15.4. The molecule has 2 aliphatic rings. The number of rotatable bonds is 17.